The lowest BCUT2D eigenvalue weighted by atomic mass is 9.61. The third-order valence-corrected chi connectivity index (χ3v) is 7.93. The molecule has 5 heteroatoms. The molecule has 3 fully saturated rings. The number of amides is 1. The number of hydrogen-bond acceptors (Lipinski definition) is 4. The minimum Gasteiger partial charge on any atom is -0.373 e. The zero-order valence-electron chi connectivity index (χ0n) is 17.7. The Labute approximate surface area is 178 Å². The summed E-state index contributed by atoms with van der Waals surface area (Å²) in [4.78, 5) is 18.6. The Bertz CT molecular complexity index is 896. The van der Waals surface area contributed by atoms with Gasteiger partial charge in [-0.1, -0.05) is 36.8 Å². The number of nitrogens with zero attached hydrogens (tertiary/aromatic N) is 2. The van der Waals surface area contributed by atoms with E-state index in [2.05, 4.69) is 40.2 Å². The molecule has 158 valence electrons. The van der Waals surface area contributed by atoms with E-state index in [1.54, 1.807) is 6.20 Å². The fourth-order valence-corrected chi connectivity index (χ4v) is 6.38. The fraction of sp³-hybridized carbons (Fsp3) is 0.520. The Hall–Kier alpha value is -2.24. The van der Waals surface area contributed by atoms with E-state index in [0.29, 0.717) is 29.5 Å². The number of carbonyl (C=O) groups is 1. The van der Waals surface area contributed by atoms with E-state index in [1.165, 1.54) is 24.8 Å². The molecule has 5 rings (SSSR count). The Morgan fingerprint density at radius 2 is 1.83 bits per heavy atom. The molecule has 1 saturated heterocycles. The van der Waals surface area contributed by atoms with Crippen LogP contribution in [0.15, 0.2) is 48.7 Å². The average Bonchev–Trinajstić information content (AvgIpc) is 2.73. The normalized spacial score (nSPS) is 33.6. The Balaban J connectivity index is 1.36. The van der Waals surface area contributed by atoms with Gasteiger partial charge in [-0.3, -0.25) is 14.7 Å². The maximum atomic E-state index is 11.7. The van der Waals surface area contributed by atoms with Gasteiger partial charge in [-0.25, -0.2) is 0 Å². The van der Waals surface area contributed by atoms with Gasteiger partial charge in [-0.05, 0) is 54.9 Å². The van der Waals surface area contributed by atoms with E-state index in [-0.39, 0.29) is 5.60 Å². The number of methoxy groups -OCH3 is 1. The summed E-state index contributed by atoms with van der Waals surface area (Å²) in [7, 11) is 1.83. The number of pyridine rings is 1. The number of rotatable bonds is 5. The van der Waals surface area contributed by atoms with Crippen molar-refractivity contribution in [1.82, 2.24) is 9.88 Å². The second kappa shape index (κ2) is 7.78. The van der Waals surface area contributed by atoms with Gasteiger partial charge in [-0.15, -0.1) is 0 Å². The van der Waals surface area contributed by atoms with Crippen molar-refractivity contribution in [2.75, 3.05) is 20.2 Å². The summed E-state index contributed by atoms with van der Waals surface area (Å²) < 4.78 is 6.33. The first kappa shape index (κ1) is 19.7. The lowest BCUT2D eigenvalue weighted by Gasteiger charge is -2.58. The van der Waals surface area contributed by atoms with Crippen molar-refractivity contribution < 1.29 is 9.53 Å². The number of likely N-dealkylation sites (tertiary alicyclic amines) is 1. The van der Waals surface area contributed by atoms with E-state index in [0.717, 1.165) is 31.5 Å². The number of fused-ring (bicyclic) bond motifs is 2. The lowest BCUT2D eigenvalue weighted by molar-refractivity contribution is -0.178. The summed E-state index contributed by atoms with van der Waals surface area (Å²) in [6.07, 6.45) is 7.77. The first-order valence-electron chi connectivity index (χ1n) is 11.2. The Morgan fingerprint density at radius 1 is 1.13 bits per heavy atom. The van der Waals surface area contributed by atoms with Gasteiger partial charge in [0.15, 0.2) is 0 Å². The van der Waals surface area contributed by atoms with E-state index in [9.17, 15) is 4.79 Å². The molecule has 2 atom stereocenters. The standard InChI is InChI=1S/C25H31N3O2/c1-30-25(19-10-11-27-23(14-19)24(26)29)20-8-5-9-21(25)16-28(15-20)22-12-18(13-22)17-6-3-2-4-7-17/h2-4,6-7,10-11,14,18,20-22H,5,8-9,12-13,15-16H2,1H3,(H2,26,29)/t18-,20?,21?,22+,25?. The molecule has 2 aromatic rings. The van der Waals surface area contributed by atoms with Gasteiger partial charge < -0.3 is 10.5 Å². The van der Waals surface area contributed by atoms with Crippen molar-refractivity contribution in [2.45, 2.75) is 49.7 Å². The highest BCUT2D eigenvalue weighted by Crippen LogP contribution is 2.53. The van der Waals surface area contributed by atoms with Crippen LogP contribution in [0.4, 0.5) is 0 Å². The minimum atomic E-state index is -0.480. The number of nitrogens with two attached hydrogens (primary N) is 1. The summed E-state index contributed by atoms with van der Waals surface area (Å²) in [5.41, 5.74) is 8.04. The van der Waals surface area contributed by atoms with E-state index < -0.39 is 5.91 Å². The third kappa shape index (κ3) is 3.15. The highest BCUT2D eigenvalue weighted by Gasteiger charge is 2.54. The number of carbonyl (C=O) groups excluding carboxylic acids is 1. The van der Waals surface area contributed by atoms with Crippen LogP contribution in [-0.4, -0.2) is 42.0 Å². The highest BCUT2D eigenvalue weighted by atomic mass is 16.5. The van der Waals surface area contributed by atoms with Gasteiger partial charge >= 0.3 is 0 Å². The molecular formula is C25H31N3O2. The van der Waals surface area contributed by atoms with Crippen LogP contribution in [0.2, 0.25) is 0 Å². The molecule has 0 radical (unpaired) electrons. The van der Waals surface area contributed by atoms with Gasteiger partial charge in [-0.2, -0.15) is 0 Å². The van der Waals surface area contributed by atoms with Gasteiger partial charge in [0.2, 0.25) is 0 Å². The first-order chi connectivity index (χ1) is 14.6. The molecule has 2 aliphatic carbocycles. The largest absolute Gasteiger partial charge is 0.373 e. The highest BCUT2D eigenvalue weighted by molar-refractivity contribution is 5.90. The molecule has 1 aromatic heterocycles. The molecule has 0 spiro atoms. The lowest BCUT2D eigenvalue weighted by Crippen LogP contribution is -2.62. The molecule has 3 aliphatic rings. The quantitative estimate of drug-likeness (QED) is 0.824. The zero-order valence-corrected chi connectivity index (χ0v) is 17.7. The predicted octanol–water partition coefficient (Wildman–Crippen LogP) is 3.70. The molecule has 5 nitrogen and oxygen atoms in total. The smallest absolute Gasteiger partial charge is 0.267 e. The number of benzene rings is 1. The van der Waals surface area contributed by atoms with Gasteiger partial charge in [0.25, 0.3) is 5.91 Å². The number of piperidine rings is 1. The molecule has 1 aromatic carbocycles. The van der Waals surface area contributed by atoms with Crippen LogP contribution in [0.5, 0.6) is 0 Å². The van der Waals surface area contributed by atoms with E-state index in [1.807, 2.05) is 19.2 Å². The van der Waals surface area contributed by atoms with Crippen LogP contribution in [0.1, 0.15) is 59.6 Å². The second-order valence-electron chi connectivity index (χ2n) is 9.30. The van der Waals surface area contributed by atoms with Gasteiger partial charge in [0.1, 0.15) is 11.3 Å². The predicted molar refractivity (Wildman–Crippen MR) is 116 cm³/mol. The maximum Gasteiger partial charge on any atom is 0.267 e. The summed E-state index contributed by atoms with van der Waals surface area (Å²) >= 11 is 0. The van der Waals surface area contributed by atoms with Crippen LogP contribution in [0.25, 0.3) is 0 Å². The Morgan fingerprint density at radius 3 is 2.47 bits per heavy atom. The molecule has 2 N–H and O–H groups in total. The van der Waals surface area contributed by atoms with Gasteiger partial charge in [0.05, 0.1) is 0 Å². The van der Waals surface area contributed by atoms with Gasteiger partial charge in [0, 0.05) is 44.3 Å². The van der Waals surface area contributed by atoms with Crippen LogP contribution < -0.4 is 5.73 Å². The van der Waals surface area contributed by atoms with Crippen molar-refractivity contribution in [3.8, 4) is 0 Å². The van der Waals surface area contributed by atoms with Crippen LogP contribution >= 0.6 is 0 Å². The molecule has 1 amide bonds. The molecule has 2 heterocycles. The fourth-order valence-electron chi connectivity index (χ4n) is 6.38. The zero-order chi connectivity index (χ0) is 20.7. The van der Waals surface area contributed by atoms with E-state index in [4.69, 9.17) is 10.5 Å². The van der Waals surface area contributed by atoms with Crippen LogP contribution in [-0.2, 0) is 10.3 Å². The van der Waals surface area contributed by atoms with Crippen molar-refractivity contribution in [3.05, 3.63) is 65.5 Å². The first-order valence-corrected chi connectivity index (χ1v) is 11.2. The van der Waals surface area contributed by atoms with Crippen molar-refractivity contribution in [1.29, 1.82) is 0 Å². The van der Waals surface area contributed by atoms with Crippen LogP contribution in [0, 0.1) is 11.8 Å². The maximum absolute atomic E-state index is 11.7. The summed E-state index contributed by atoms with van der Waals surface area (Å²) in [5, 5.41) is 0. The molecule has 1 aliphatic heterocycles. The van der Waals surface area contributed by atoms with Crippen molar-refractivity contribution in [3.63, 3.8) is 0 Å². The topological polar surface area (TPSA) is 68.5 Å². The molecule has 2 unspecified atom stereocenters. The second-order valence-corrected chi connectivity index (χ2v) is 9.30. The average molecular weight is 406 g/mol. The molecule has 2 bridgehead atoms. The Kier molecular flexibility index (Phi) is 5.11. The summed E-state index contributed by atoms with van der Waals surface area (Å²) in [6.45, 7) is 2.12. The number of hydrogen-bond donors (Lipinski definition) is 1. The van der Waals surface area contributed by atoms with Crippen molar-refractivity contribution >= 4 is 5.91 Å². The number of ether oxygens (including phenoxy) is 1. The SMILES string of the molecule is COC1(c2ccnc(C(N)=O)c2)C2CCCC1CN([C@H]1C[C@@H](c3ccccc3)C1)C2. The number of aromatic nitrogens is 1. The van der Waals surface area contributed by atoms with Crippen LogP contribution in [0.3, 0.4) is 0 Å². The molecule has 2 saturated carbocycles. The summed E-state index contributed by atoms with van der Waals surface area (Å²) in [6, 6.07) is 15.5. The summed E-state index contributed by atoms with van der Waals surface area (Å²) in [5.74, 6) is 1.07. The third-order valence-electron chi connectivity index (χ3n) is 7.93. The molecule has 30 heavy (non-hydrogen) atoms. The number of primary amides is 1. The van der Waals surface area contributed by atoms with E-state index >= 15 is 0 Å². The monoisotopic (exact) mass is 405 g/mol. The van der Waals surface area contributed by atoms with Crippen molar-refractivity contribution in [2.24, 2.45) is 17.6 Å². The molecular weight excluding hydrogens is 374 g/mol. The minimum absolute atomic E-state index is 0.328.